The monoisotopic (exact) mass is 268 g/mol. The first-order valence-corrected chi connectivity index (χ1v) is 6.40. The Labute approximate surface area is 109 Å². The molecule has 5 heteroatoms. The molecule has 2 aromatic rings. The predicted octanol–water partition coefficient (Wildman–Crippen LogP) is 3.66. The lowest BCUT2D eigenvalue weighted by molar-refractivity contribution is 0.472. The summed E-state index contributed by atoms with van der Waals surface area (Å²) < 4.78 is 5.73. The molecule has 0 aliphatic carbocycles. The van der Waals surface area contributed by atoms with Crippen LogP contribution < -0.4 is 10.5 Å². The van der Waals surface area contributed by atoms with E-state index in [9.17, 15) is 0 Å². The zero-order valence-electron chi connectivity index (χ0n) is 9.66. The second kappa shape index (κ2) is 5.04. The van der Waals surface area contributed by atoms with Crippen LogP contribution in [0.3, 0.4) is 0 Å². The van der Waals surface area contributed by atoms with Crippen molar-refractivity contribution in [2.75, 3.05) is 0 Å². The van der Waals surface area contributed by atoms with Crippen molar-refractivity contribution in [3.63, 3.8) is 0 Å². The van der Waals surface area contributed by atoms with Crippen molar-refractivity contribution in [2.24, 2.45) is 5.73 Å². The normalized spacial score (nSPS) is 10.6. The number of thiazole rings is 1. The van der Waals surface area contributed by atoms with Gasteiger partial charge in [-0.2, -0.15) is 0 Å². The van der Waals surface area contributed by atoms with E-state index in [1.165, 1.54) is 11.3 Å². The van der Waals surface area contributed by atoms with Crippen LogP contribution in [0.2, 0.25) is 5.02 Å². The molecule has 0 aliphatic rings. The summed E-state index contributed by atoms with van der Waals surface area (Å²) in [5, 5.41) is 1.25. The maximum Gasteiger partial charge on any atom is 0.279 e. The van der Waals surface area contributed by atoms with Crippen LogP contribution in [0.25, 0.3) is 0 Å². The fourth-order valence-electron chi connectivity index (χ4n) is 1.37. The molecule has 3 nitrogen and oxygen atoms in total. The quantitative estimate of drug-likeness (QED) is 0.924. The summed E-state index contributed by atoms with van der Waals surface area (Å²) >= 11 is 7.46. The van der Waals surface area contributed by atoms with Gasteiger partial charge in [-0.1, -0.05) is 29.0 Å². The van der Waals surface area contributed by atoms with Gasteiger partial charge in [0.25, 0.3) is 5.19 Å². The van der Waals surface area contributed by atoms with Crippen molar-refractivity contribution in [1.29, 1.82) is 0 Å². The van der Waals surface area contributed by atoms with Gasteiger partial charge in [0.05, 0.1) is 5.69 Å². The molecule has 0 saturated heterocycles. The van der Waals surface area contributed by atoms with Crippen LogP contribution in [0.5, 0.6) is 10.9 Å². The minimum absolute atomic E-state index is 0.413. The number of nitrogens with zero attached hydrogens (tertiary/aromatic N) is 1. The molecule has 0 amide bonds. The second-order valence-corrected chi connectivity index (χ2v) is 5.28. The Hall–Kier alpha value is -1.10. The van der Waals surface area contributed by atoms with Gasteiger partial charge in [-0.3, -0.25) is 0 Å². The third-order valence-electron chi connectivity index (χ3n) is 2.46. The molecule has 1 aromatic carbocycles. The summed E-state index contributed by atoms with van der Waals surface area (Å²) in [6, 6.07) is 5.43. The fourth-order valence-corrected chi connectivity index (χ4v) is 2.30. The van der Waals surface area contributed by atoms with E-state index in [4.69, 9.17) is 22.1 Å². The predicted molar refractivity (Wildman–Crippen MR) is 71.0 cm³/mol. The second-order valence-electron chi connectivity index (χ2n) is 3.68. The first kappa shape index (κ1) is 12.4. The number of hydrogen-bond acceptors (Lipinski definition) is 4. The number of aromatic nitrogens is 1. The van der Waals surface area contributed by atoms with Gasteiger partial charge in [-0.25, -0.2) is 4.98 Å². The fraction of sp³-hybridized carbons (Fsp3) is 0.250. The molecule has 0 fully saturated rings. The van der Waals surface area contributed by atoms with E-state index in [1.807, 2.05) is 19.9 Å². The lowest BCUT2D eigenvalue weighted by Gasteiger charge is -2.07. The molecule has 17 heavy (non-hydrogen) atoms. The molecule has 0 saturated carbocycles. The van der Waals surface area contributed by atoms with Crippen LogP contribution >= 0.6 is 22.9 Å². The number of rotatable bonds is 3. The van der Waals surface area contributed by atoms with Gasteiger partial charge >= 0.3 is 0 Å². The molecule has 0 radical (unpaired) electrons. The summed E-state index contributed by atoms with van der Waals surface area (Å²) in [5.74, 6) is 0.675. The van der Waals surface area contributed by atoms with Crippen LogP contribution in [-0.2, 0) is 6.54 Å². The van der Waals surface area contributed by atoms with Crippen LogP contribution in [0.1, 0.15) is 16.1 Å². The number of aryl methyl sites for hydroxylation is 2. The van der Waals surface area contributed by atoms with Gasteiger partial charge in [0.2, 0.25) is 0 Å². The zero-order chi connectivity index (χ0) is 12.4. The Bertz CT molecular complexity index is 520. The van der Waals surface area contributed by atoms with Gasteiger partial charge < -0.3 is 10.5 Å². The summed E-state index contributed by atoms with van der Waals surface area (Å²) in [7, 11) is 0. The lowest BCUT2D eigenvalue weighted by Crippen LogP contribution is -1.99. The summed E-state index contributed by atoms with van der Waals surface area (Å²) in [6.45, 7) is 4.39. The van der Waals surface area contributed by atoms with Crippen molar-refractivity contribution in [3.8, 4) is 10.9 Å². The van der Waals surface area contributed by atoms with Gasteiger partial charge in [-0.05, 0) is 26.0 Å². The van der Waals surface area contributed by atoms with Crippen molar-refractivity contribution in [1.82, 2.24) is 4.98 Å². The molecule has 0 spiro atoms. The zero-order valence-corrected chi connectivity index (χ0v) is 11.2. The van der Waals surface area contributed by atoms with E-state index in [0.717, 1.165) is 16.1 Å². The third kappa shape index (κ3) is 2.77. The largest absolute Gasteiger partial charge is 0.430 e. The highest BCUT2D eigenvalue weighted by Gasteiger charge is 2.09. The molecule has 90 valence electrons. The topological polar surface area (TPSA) is 48.1 Å². The molecular formula is C12H13ClN2OS. The Morgan fingerprint density at radius 2 is 2.18 bits per heavy atom. The minimum Gasteiger partial charge on any atom is -0.430 e. The van der Waals surface area contributed by atoms with E-state index in [-0.39, 0.29) is 0 Å². The van der Waals surface area contributed by atoms with E-state index >= 15 is 0 Å². The lowest BCUT2D eigenvalue weighted by atomic mass is 10.2. The SMILES string of the molecule is Cc1nc(Oc2cc(Cl)ccc2CN)sc1C. The number of halogens is 1. The standard InChI is InChI=1S/C12H13ClN2OS/c1-7-8(2)17-12(15-7)16-11-5-10(13)4-3-9(11)6-14/h3-5H,6,14H2,1-2H3. The number of ether oxygens (including phenoxy) is 1. The highest BCUT2D eigenvalue weighted by atomic mass is 35.5. The van der Waals surface area contributed by atoms with Gasteiger partial charge in [0.15, 0.2) is 0 Å². The molecule has 2 rings (SSSR count). The van der Waals surface area contributed by atoms with Crippen LogP contribution in [0.15, 0.2) is 18.2 Å². The maximum absolute atomic E-state index is 5.94. The Morgan fingerprint density at radius 1 is 1.41 bits per heavy atom. The minimum atomic E-state index is 0.413. The average molecular weight is 269 g/mol. The molecule has 0 atom stereocenters. The Morgan fingerprint density at radius 3 is 2.76 bits per heavy atom. The van der Waals surface area contributed by atoms with Crippen molar-refractivity contribution in [2.45, 2.75) is 20.4 Å². The van der Waals surface area contributed by atoms with Crippen LogP contribution in [-0.4, -0.2) is 4.98 Å². The van der Waals surface area contributed by atoms with Gasteiger partial charge in [0, 0.05) is 22.0 Å². The van der Waals surface area contributed by atoms with Gasteiger partial charge in [0.1, 0.15) is 5.75 Å². The molecule has 1 heterocycles. The maximum atomic E-state index is 5.94. The van der Waals surface area contributed by atoms with Crippen molar-refractivity contribution in [3.05, 3.63) is 39.4 Å². The van der Waals surface area contributed by atoms with E-state index in [1.54, 1.807) is 12.1 Å². The van der Waals surface area contributed by atoms with E-state index in [0.29, 0.717) is 22.5 Å². The third-order valence-corrected chi connectivity index (χ3v) is 3.64. The highest BCUT2D eigenvalue weighted by molar-refractivity contribution is 7.13. The first-order valence-electron chi connectivity index (χ1n) is 5.20. The summed E-state index contributed by atoms with van der Waals surface area (Å²) in [5.41, 5.74) is 7.55. The van der Waals surface area contributed by atoms with Crippen molar-refractivity contribution < 1.29 is 4.74 Å². The number of hydrogen-bond donors (Lipinski definition) is 1. The van der Waals surface area contributed by atoms with Crippen molar-refractivity contribution >= 4 is 22.9 Å². The summed E-state index contributed by atoms with van der Waals surface area (Å²) in [4.78, 5) is 5.47. The average Bonchev–Trinajstić information content (AvgIpc) is 2.58. The first-order chi connectivity index (χ1) is 8.10. The molecule has 0 aliphatic heterocycles. The molecule has 2 N–H and O–H groups in total. The van der Waals surface area contributed by atoms with Crippen LogP contribution in [0, 0.1) is 13.8 Å². The number of benzene rings is 1. The molecule has 0 bridgehead atoms. The van der Waals surface area contributed by atoms with Crippen LogP contribution in [0.4, 0.5) is 0 Å². The number of nitrogens with two attached hydrogens (primary N) is 1. The molecule has 0 unspecified atom stereocenters. The highest BCUT2D eigenvalue weighted by Crippen LogP contribution is 2.32. The van der Waals surface area contributed by atoms with E-state index in [2.05, 4.69) is 4.98 Å². The molecule has 1 aromatic heterocycles. The Kier molecular flexibility index (Phi) is 3.66. The summed E-state index contributed by atoms with van der Waals surface area (Å²) in [6.07, 6.45) is 0. The molecular weight excluding hydrogens is 256 g/mol. The van der Waals surface area contributed by atoms with E-state index < -0.39 is 0 Å². The van der Waals surface area contributed by atoms with Gasteiger partial charge in [-0.15, -0.1) is 0 Å². The smallest absolute Gasteiger partial charge is 0.279 e. The Balaban J connectivity index is 2.31.